The molecule has 2 atom stereocenters. The smallest absolute Gasteiger partial charge is 0.267 e. The first-order chi connectivity index (χ1) is 18.4. The van der Waals surface area contributed by atoms with Crippen molar-refractivity contribution in [3.63, 3.8) is 0 Å². The molecule has 0 aliphatic carbocycles. The first-order valence-corrected chi connectivity index (χ1v) is 17.5. The lowest BCUT2D eigenvalue weighted by molar-refractivity contribution is -0.897. The van der Waals surface area contributed by atoms with Gasteiger partial charge in [0.05, 0.1) is 46.5 Å². The number of aliphatic hydroxyl groups excluding tert-OH is 1. The van der Waals surface area contributed by atoms with Gasteiger partial charge in [0.1, 0.15) is 6.10 Å². The van der Waals surface area contributed by atoms with E-state index in [2.05, 4.69) is 14.0 Å². The zero-order chi connectivity index (χ0) is 27.8. The fraction of sp³-hybridized carbons (Fsp3) is 1.00. The summed E-state index contributed by atoms with van der Waals surface area (Å²) in [6.45, 7) is 6.22. The van der Waals surface area contributed by atoms with Gasteiger partial charge in [-0.1, -0.05) is 103 Å². The summed E-state index contributed by atoms with van der Waals surface area (Å²) in [7, 11) is -2.11. The molecule has 0 radical (unpaired) electrons. The first-order valence-electron chi connectivity index (χ1n) is 16.1. The molecule has 1 heterocycles. The number of likely N-dealkylation sites (tertiary alicyclic amines) is 1. The fourth-order valence-corrected chi connectivity index (χ4v) is 6.11. The second kappa shape index (κ2) is 23.7. The van der Waals surface area contributed by atoms with Crippen molar-refractivity contribution < 1.29 is 32.8 Å². The van der Waals surface area contributed by atoms with Gasteiger partial charge in [-0.3, -0.25) is 4.57 Å². The summed E-state index contributed by atoms with van der Waals surface area (Å²) in [6, 6.07) is 0. The molecule has 8 heteroatoms. The Labute approximate surface area is 235 Å². The molecule has 0 bridgehead atoms. The predicted octanol–water partition coefficient (Wildman–Crippen LogP) is 7.15. The quantitative estimate of drug-likeness (QED) is 0.0618. The number of unbranched alkanes of at least 4 members (excludes halogenated alkanes) is 16. The van der Waals surface area contributed by atoms with E-state index in [0.717, 1.165) is 30.3 Å². The van der Waals surface area contributed by atoms with Gasteiger partial charge in [0.25, 0.3) is 7.82 Å². The Morgan fingerprint density at radius 2 is 1.18 bits per heavy atom. The lowest BCUT2D eigenvalue weighted by Gasteiger charge is -2.29. The number of phosphoric acid groups is 1. The van der Waals surface area contributed by atoms with Gasteiger partial charge in [-0.15, -0.1) is 0 Å². The Bertz CT molecular complexity index is 573. The second-order valence-electron chi connectivity index (χ2n) is 11.8. The van der Waals surface area contributed by atoms with E-state index in [1.165, 1.54) is 116 Å². The van der Waals surface area contributed by atoms with Crippen molar-refractivity contribution >= 4 is 7.82 Å². The van der Waals surface area contributed by atoms with Crippen molar-refractivity contribution in [1.29, 1.82) is 0 Å². The van der Waals surface area contributed by atoms with E-state index in [1.54, 1.807) is 0 Å². The van der Waals surface area contributed by atoms with Crippen LogP contribution in [0.5, 0.6) is 0 Å². The molecule has 7 nitrogen and oxygen atoms in total. The topological polar surface area (TPSA) is 88.0 Å². The van der Waals surface area contributed by atoms with E-state index >= 15 is 0 Å². The van der Waals surface area contributed by atoms with Crippen molar-refractivity contribution in [3.05, 3.63) is 0 Å². The molecule has 38 heavy (non-hydrogen) atoms. The summed E-state index contributed by atoms with van der Waals surface area (Å²) < 4.78 is 28.2. The van der Waals surface area contributed by atoms with Gasteiger partial charge in [0, 0.05) is 19.4 Å². The van der Waals surface area contributed by atoms with E-state index < -0.39 is 13.9 Å². The van der Waals surface area contributed by atoms with Crippen molar-refractivity contribution in [2.45, 2.75) is 141 Å². The zero-order valence-electron chi connectivity index (χ0n) is 25.1. The Hall–Kier alpha value is -0.0100. The fourth-order valence-electron chi connectivity index (χ4n) is 5.33. The number of ether oxygens (including phenoxy) is 1. The van der Waals surface area contributed by atoms with Crippen LogP contribution in [0.4, 0.5) is 0 Å². The summed E-state index contributed by atoms with van der Waals surface area (Å²) in [4.78, 5) is 11.9. The zero-order valence-corrected chi connectivity index (χ0v) is 25.9. The van der Waals surface area contributed by atoms with Crippen LogP contribution >= 0.6 is 7.82 Å². The number of quaternary nitrogens is 1. The number of nitrogens with zero attached hydrogens (tertiary/aromatic N) is 1. The highest BCUT2D eigenvalue weighted by molar-refractivity contribution is 7.45. The van der Waals surface area contributed by atoms with E-state index in [0.29, 0.717) is 13.0 Å². The molecule has 228 valence electrons. The average Bonchev–Trinajstić information content (AvgIpc) is 3.33. The summed E-state index contributed by atoms with van der Waals surface area (Å²) in [5.74, 6) is 0. The monoisotopic (exact) mass is 563 g/mol. The highest BCUT2D eigenvalue weighted by Gasteiger charge is 2.25. The molecule has 0 aromatic carbocycles. The molecule has 1 rings (SSSR count). The maximum atomic E-state index is 11.9. The van der Waals surface area contributed by atoms with Gasteiger partial charge >= 0.3 is 0 Å². The Balaban J connectivity index is 1.81. The number of aliphatic hydroxyl groups is 1. The van der Waals surface area contributed by atoms with Crippen molar-refractivity contribution in [2.24, 2.45) is 0 Å². The number of hydrogen-bond donors (Lipinski definition) is 1. The lowest BCUT2D eigenvalue weighted by Crippen LogP contribution is -2.41. The Kier molecular flexibility index (Phi) is 22.4. The van der Waals surface area contributed by atoms with Gasteiger partial charge in [-0.25, -0.2) is 0 Å². The standard InChI is InChI=1S/C30H62NO6P/c1-3-4-5-6-7-8-9-10-11-12-13-14-15-16-17-21-26-35-28-30(32)29-37-38(33,34)36-27-22-20-25-31(2)23-18-19-24-31/h30,32H,3-29H2,1-2H3. The summed E-state index contributed by atoms with van der Waals surface area (Å²) in [5.41, 5.74) is 0. The van der Waals surface area contributed by atoms with E-state index in [9.17, 15) is 14.6 Å². The predicted molar refractivity (Wildman–Crippen MR) is 155 cm³/mol. The molecule has 0 saturated carbocycles. The van der Waals surface area contributed by atoms with Gasteiger partial charge < -0.3 is 28.3 Å². The Morgan fingerprint density at radius 1 is 0.711 bits per heavy atom. The highest BCUT2D eigenvalue weighted by Crippen LogP contribution is 2.38. The average molecular weight is 564 g/mol. The third-order valence-electron chi connectivity index (χ3n) is 7.87. The maximum absolute atomic E-state index is 11.9. The normalized spacial score (nSPS) is 17.6. The van der Waals surface area contributed by atoms with Crippen LogP contribution < -0.4 is 4.89 Å². The van der Waals surface area contributed by atoms with Gasteiger partial charge in [-0.05, 0) is 19.3 Å². The molecule has 0 aromatic heterocycles. The Morgan fingerprint density at radius 3 is 1.71 bits per heavy atom. The highest BCUT2D eigenvalue weighted by atomic mass is 31.2. The molecule has 1 fully saturated rings. The van der Waals surface area contributed by atoms with Crippen LogP contribution in [0.15, 0.2) is 0 Å². The van der Waals surface area contributed by atoms with Crippen LogP contribution in [0, 0.1) is 0 Å². The molecular weight excluding hydrogens is 501 g/mol. The molecule has 0 spiro atoms. The van der Waals surface area contributed by atoms with Crippen LogP contribution in [0.1, 0.15) is 135 Å². The van der Waals surface area contributed by atoms with E-state index in [1.807, 2.05) is 0 Å². The number of phosphoric ester groups is 1. The van der Waals surface area contributed by atoms with Crippen LogP contribution in [0.3, 0.4) is 0 Å². The van der Waals surface area contributed by atoms with Crippen molar-refractivity contribution in [3.8, 4) is 0 Å². The van der Waals surface area contributed by atoms with Crippen LogP contribution in [0.2, 0.25) is 0 Å². The van der Waals surface area contributed by atoms with Crippen LogP contribution in [-0.4, -0.2) is 68.8 Å². The van der Waals surface area contributed by atoms with Crippen molar-refractivity contribution in [1.82, 2.24) is 0 Å². The third kappa shape index (κ3) is 21.8. The molecule has 1 N–H and O–H groups in total. The maximum Gasteiger partial charge on any atom is 0.267 e. The number of hydrogen-bond acceptors (Lipinski definition) is 6. The summed E-state index contributed by atoms with van der Waals surface area (Å²) in [5, 5.41) is 9.94. The molecule has 2 unspecified atom stereocenters. The second-order valence-corrected chi connectivity index (χ2v) is 13.2. The molecule has 0 aromatic rings. The largest absolute Gasteiger partial charge is 0.756 e. The van der Waals surface area contributed by atoms with E-state index in [4.69, 9.17) is 13.8 Å². The van der Waals surface area contributed by atoms with Gasteiger partial charge in [0.15, 0.2) is 0 Å². The first kappa shape index (κ1) is 36.0. The van der Waals surface area contributed by atoms with Crippen LogP contribution in [0.25, 0.3) is 0 Å². The molecule has 1 saturated heterocycles. The SMILES string of the molecule is CCCCCCCCCCCCCCCCCCOCC(O)COP(=O)([O-])OCCCC[N+]1(C)CCCC1. The number of rotatable bonds is 28. The minimum atomic E-state index is -4.38. The minimum absolute atomic E-state index is 0.0786. The molecule has 1 aliphatic rings. The molecule has 0 amide bonds. The summed E-state index contributed by atoms with van der Waals surface area (Å²) in [6.07, 6.45) is 24.5. The molecular formula is C30H62NO6P. The minimum Gasteiger partial charge on any atom is -0.756 e. The van der Waals surface area contributed by atoms with Crippen molar-refractivity contribution in [2.75, 3.05) is 53.1 Å². The lowest BCUT2D eigenvalue weighted by atomic mass is 10.0. The van der Waals surface area contributed by atoms with E-state index in [-0.39, 0.29) is 19.8 Å². The third-order valence-corrected chi connectivity index (χ3v) is 8.83. The van der Waals surface area contributed by atoms with Gasteiger partial charge in [0.2, 0.25) is 0 Å². The molecule has 1 aliphatic heterocycles. The van der Waals surface area contributed by atoms with Gasteiger partial charge in [-0.2, -0.15) is 0 Å². The summed E-state index contributed by atoms with van der Waals surface area (Å²) >= 11 is 0. The van der Waals surface area contributed by atoms with Crippen LogP contribution in [-0.2, 0) is 18.3 Å².